The molecule has 4 rings (SSSR count). The summed E-state index contributed by atoms with van der Waals surface area (Å²) in [7, 11) is 0. The van der Waals surface area contributed by atoms with E-state index in [1.54, 1.807) is 6.08 Å². The third kappa shape index (κ3) is 5.03. The molecule has 0 atom stereocenters. The predicted molar refractivity (Wildman–Crippen MR) is 128 cm³/mol. The molecule has 0 unspecified atom stereocenters. The monoisotopic (exact) mass is 418 g/mol. The Labute approximate surface area is 187 Å². The van der Waals surface area contributed by atoms with Crippen LogP contribution in [0, 0.1) is 18.3 Å². The molecule has 0 bridgehead atoms. The average molecular weight is 418 g/mol. The predicted octanol–water partition coefficient (Wildman–Crippen LogP) is 6.27. The molecule has 0 aromatic heterocycles. The Morgan fingerprint density at radius 2 is 1.66 bits per heavy atom. The van der Waals surface area contributed by atoms with Crippen molar-refractivity contribution in [3.63, 3.8) is 0 Å². The molecule has 0 aliphatic carbocycles. The van der Waals surface area contributed by atoms with Crippen LogP contribution in [0.4, 0.5) is 5.69 Å². The summed E-state index contributed by atoms with van der Waals surface area (Å²) in [5.41, 5.74) is 3.76. The number of carbonyl (C=O) groups excluding carboxylic acids is 1. The quantitative estimate of drug-likeness (QED) is 0.296. The lowest BCUT2D eigenvalue weighted by molar-refractivity contribution is -0.112. The van der Waals surface area contributed by atoms with Crippen LogP contribution in [0.1, 0.15) is 16.7 Å². The summed E-state index contributed by atoms with van der Waals surface area (Å²) < 4.78 is 5.82. The van der Waals surface area contributed by atoms with Crippen LogP contribution in [0.25, 0.3) is 16.8 Å². The Bertz CT molecular complexity index is 1310. The zero-order valence-corrected chi connectivity index (χ0v) is 17.7. The van der Waals surface area contributed by atoms with E-state index in [1.807, 2.05) is 84.9 Å². The van der Waals surface area contributed by atoms with Crippen molar-refractivity contribution in [2.75, 3.05) is 5.32 Å². The zero-order valence-electron chi connectivity index (χ0n) is 17.7. The van der Waals surface area contributed by atoms with Gasteiger partial charge >= 0.3 is 0 Å². The van der Waals surface area contributed by atoms with E-state index in [-0.39, 0.29) is 5.57 Å². The highest BCUT2D eigenvalue weighted by Crippen LogP contribution is 2.24. The first-order valence-corrected chi connectivity index (χ1v) is 10.3. The normalized spacial score (nSPS) is 11.1. The lowest BCUT2D eigenvalue weighted by Crippen LogP contribution is -2.13. The summed E-state index contributed by atoms with van der Waals surface area (Å²) >= 11 is 0. The fourth-order valence-electron chi connectivity index (χ4n) is 3.35. The average Bonchev–Trinajstić information content (AvgIpc) is 2.83. The molecule has 0 aliphatic rings. The van der Waals surface area contributed by atoms with Crippen molar-refractivity contribution in [2.24, 2.45) is 0 Å². The third-order valence-electron chi connectivity index (χ3n) is 5.12. The van der Waals surface area contributed by atoms with Crippen molar-refractivity contribution in [2.45, 2.75) is 13.5 Å². The number of rotatable bonds is 6. The van der Waals surface area contributed by atoms with Crippen molar-refractivity contribution in [3.05, 3.63) is 113 Å². The minimum atomic E-state index is -0.441. The Morgan fingerprint density at radius 1 is 0.938 bits per heavy atom. The number of amides is 1. The second-order valence-electron chi connectivity index (χ2n) is 7.49. The molecule has 32 heavy (non-hydrogen) atoms. The molecule has 1 amide bonds. The maximum absolute atomic E-state index is 12.7. The Balaban J connectivity index is 1.44. The van der Waals surface area contributed by atoms with Crippen LogP contribution < -0.4 is 10.1 Å². The van der Waals surface area contributed by atoms with Crippen LogP contribution in [0.3, 0.4) is 0 Å². The Kier molecular flexibility index (Phi) is 6.29. The van der Waals surface area contributed by atoms with Crippen molar-refractivity contribution >= 4 is 28.4 Å². The fourth-order valence-corrected chi connectivity index (χ4v) is 3.35. The van der Waals surface area contributed by atoms with E-state index in [2.05, 4.69) is 24.4 Å². The number of nitrogens with one attached hydrogen (secondary N) is 1. The number of ether oxygens (including phenoxy) is 1. The van der Waals surface area contributed by atoms with Gasteiger partial charge < -0.3 is 10.1 Å². The summed E-state index contributed by atoms with van der Waals surface area (Å²) in [5, 5.41) is 14.3. The van der Waals surface area contributed by atoms with Crippen LogP contribution in [0.5, 0.6) is 5.75 Å². The molecule has 4 nitrogen and oxygen atoms in total. The van der Waals surface area contributed by atoms with Gasteiger partial charge in [0.2, 0.25) is 0 Å². The lowest BCUT2D eigenvalue weighted by Gasteiger charge is -2.09. The van der Waals surface area contributed by atoms with Crippen LogP contribution in [-0.4, -0.2) is 5.91 Å². The van der Waals surface area contributed by atoms with E-state index in [1.165, 1.54) is 5.56 Å². The van der Waals surface area contributed by atoms with Crippen LogP contribution in [-0.2, 0) is 11.4 Å². The summed E-state index contributed by atoms with van der Waals surface area (Å²) in [5.74, 6) is 0.282. The second kappa shape index (κ2) is 9.63. The molecular formula is C28H22N2O2. The highest BCUT2D eigenvalue weighted by Gasteiger charge is 2.11. The molecule has 4 aromatic carbocycles. The van der Waals surface area contributed by atoms with E-state index in [9.17, 15) is 10.1 Å². The van der Waals surface area contributed by atoms with Gasteiger partial charge in [-0.3, -0.25) is 4.79 Å². The maximum Gasteiger partial charge on any atom is 0.266 e. The Hall–Kier alpha value is -4.36. The van der Waals surface area contributed by atoms with E-state index in [0.717, 1.165) is 27.6 Å². The second-order valence-corrected chi connectivity index (χ2v) is 7.49. The van der Waals surface area contributed by atoms with Gasteiger partial charge in [-0.25, -0.2) is 0 Å². The number of fused-ring (bicyclic) bond motifs is 1. The first-order valence-electron chi connectivity index (χ1n) is 10.3. The summed E-state index contributed by atoms with van der Waals surface area (Å²) in [4.78, 5) is 12.7. The minimum Gasteiger partial charge on any atom is -0.489 e. The number of aryl methyl sites for hydroxylation is 1. The van der Waals surface area contributed by atoms with Gasteiger partial charge in [0, 0.05) is 11.1 Å². The minimum absolute atomic E-state index is 0.0336. The van der Waals surface area contributed by atoms with Gasteiger partial charge in [-0.15, -0.1) is 0 Å². The number of anilines is 1. The largest absolute Gasteiger partial charge is 0.489 e. The van der Waals surface area contributed by atoms with Gasteiger partial charge in [0.05, 0.1) is 0 Å². The Morgan fingerprint density at radius 3 is 2.41 bits per heavy atom. The van der Waals surface area contributed by atoms with Gasteiger partial charge in [0.1, 0.15) is 24.0 Å². The van der Waals surface area contributed by atoms with Gasteiger partial charge in [-0.05, 0) is 47.7 Å². The summed E-state index contributed by atoms with van der Waals surface area (Å²) in [6, 6.07) is 31.0. The highest BCUT2D eigenvalue weighted by molar-refractivity contribution is 6.12. The molecule has 156 valence electrons. The smallest absolute Gasteiger partial charge is 0.266 e. The first kappa shape index (κ1) is 20.9. The van der Waals surface area contributed by atoms with Gasteiger partial charge in [-0.1, -0.05) is 78.4 Å². The number of benzene rings is 4. The van der Waals surface area contributed by atoms with Crippen LogP contribution in [0.2, 0.25) is 0 Å². The zero-order chi connectivity index (χ0) is 22.3. The number of hydrogen-bond donors (Lipinski definition) is 1. The van der Waals surface area contributed by atoms with Gasteiger partial charge in [-0.2, -0.15) is 5.26 Å². The van der Waals surface area contributed by atoms with Crippen LogP contribution in [0.15, 0.2) is 96.6 Å². The van der Waals surface area contributed by atoms with E-state index >= 15 is 0 Å². The molecule has 4 heteroatoms. The molecule has 0 saturated heterocycles. The molecule has 0 spiro atoms. The van der Waals surface area contributed by atoms with Crippen molar-refractivity contribution in [3.8, 4) is 11.8 Å². The SMILES string of the molecule is Cc1ccc(COc2ccc(/C=C(\C#N)C(=O)Nc3cccc4ccccc34)cc2)cc1. The van der Waals surface area contributed by atoms with Crippen molar-refractivity contribution in [1.29, 1.82) is 5.26 Å². The fraction of sp³-hybridized carbons (Fsp3) is 0.0714. The lowest BCUT2D eigenvalue weighted by atomic mass is 10.1. The van der Waals surface area contributed by atoms with E-state index < -0.39 is 5.91 Å². The number of nitriles is 1. The molecule has 0 aliphatic heterocycles. The molecule has 4 aromatic rings. The van der Waals surface area contributed by atoms with Crippen molar-refractivity contribution < 1.29 is 9.53 Å². The molecule has 1 N–H and O–H groups in total. The molecule has 0 fully saturated rings. The van der Waals surface area contributed by atoms with Crippen LogP contribution >= 0.6 is 0 Å². The molecular weight excluding hydrogens is 396 g/mol. The number of hydrogen-bond acceptors (Lipinski definition) is 3. The van der Waals surface area contributed by atoms with Gasteiger partial charge in [0.15, 0.2) is 0 Å². The van der Waals surface area contributed by atoms with E-state index in [4.69, 9.17) is 4.74 Å². The molecule has 0 radical (unpaired) electrons. The van der Waals surface area contributed by atoms with Crippen molar-refractivity contribution in [1.82, 2.24) is 0 Å². The standard InChI is InChI=1S/C28H22N2O2/c1-20-9-11-22(12-10-20)19-32-25-15-13-21(14-16-25)17-24(18-29)28(31)30-27-8-4-6-23-5-2-3-7-26(23)27/h2-17H,19H2,1H3,(H,30,31)/b24-17+. The molecule has 0 saturated carbocycles. The summed E-state index contributed by atoms with van der Waals surface area (Å²) in [6.45, 7) is 2.53. The number of nitrogens with zero attached hydrogens (tertiary/aromatic N) is 1. The first-order chi connectivity index (χ1) is 15.6. The highest BCUT2D eigenvalue weighted by atomic mass is 16.5. The van der Waals surface area contributed by atoms with E-state index in [0.29, 0.717) is 12.3 Å². The maximum atomic E-state index is 12.7. The number of carbonyl (C=O) groups is 1. The summed E-state index contributed by atoms with van der Waals surface area (Å²) in [6.07, 6.45) is 1.57. The third-order valence-corrected chi connectivity index (χ3v) is 5.12. The topological polar surface area (TPSA) is 62.1 Å². The van der Waals surface area contributed by atoms with Gasteiger partial charge in [0.25, 0.3) is 5.91 Å². The molecule has 0 heterocycles.